The first kappa shape index (κ1) is 22.9. The van der Waals surface area contributed by atoms with Crippen LogP contribution in [0.1, 0.15) is 36.7 Å². The molecule has 0 saturated carbocycles. The molecule has 2 rings (SSSR count). The predicted octanol–water partition coefficient (Wildman–Crippen LogP) is 3.66. The number of carbonyl (C=O) groups is 1. The molecule has 0 saturated heterocycles. The van der Waals surface area contributed by atoms with E-state index in [0.717, 1.165) is 0 Å². The van der Waals surface area contributed by atoms with E-state index in [2.05, 4.69) is 10.5 Å². The number of nitrogens with zero attached hydrogens (tertiary/aromatic N) is 1. The number of hydrazone groups is 1. The highest BCUT2D eigenvalue weighted by Gasteiger charge is 2.18. The Bertz CT molecular complexity index is 855. The van der Waals surface area contributed by atoms with Crippen LogP contribution < -0.4 is 29.1 Å². The molecule has 0 spiro atoms. The van der Waals surface area contributed by atoms with Crippen LogP contribution in [0.4, 0.5) is 0 Å². The Kier molecular flexibility index (Phi) is 8.80. The van der Waals surface area contributed by atoms with Gasteiger partial charge >= 0.3 is 0 Å². The Labute approximate surface area is 176 Å². The van der Waals surface area contributed by atoms with Gasteiger partial charge in [0.25, 0.3) is 5.91 Å². The van der Waals surface area contributed by atoms with Crippen LogP contribution in [0, 0.1) is 0 Å². The smallest absolute Gasteiger partial charge is 0.271 e. The fourth-order valence-corrected chi connectivity index (χ4v) is 2.67. The maximum atomic E-state index is 12.6. The van der Waals surface area contributed by atoms with Crippen LogP contribution in [0.5, 0.6) is 28.7 Å². The molecule has 0 aliphatic rings. The van der Waals surface area contributed by atoms with Crippen molar-refractivity contribution in [1.29, 1.82) is 0 Å². The third-order valence-electron chi connectivity index (χ3n) is 3.98. The normalized spacial score (nSPS) is 10.6. The highest BCUT2D eigenvalue weighted by atomic mass is 16.5. The van der Waals surface area contributed by atoms with Gasteiger partial charge in [0.2, 0.25) is 5.75 Å². The molecule has 2 aromatic carbocycles. The van der Waals surface area contributed by atoms with Gasteiger partial charge in [-0.3, -0.25) is 4.79 Å². The Morgan fingerprint density at radius 3 is 2.07 bits per heavy atom. The van der Waals surface area contributed by atoms with Crippen molar-refractivity contribution < 1.29 is 28.5 Å². The first-order valence-corrected chi connectivity index (χ1v) is 9.69. The number of carbonyl (C=O) groups excluding carboxylic acids is 1. The van der Waals surface area contributed by atoms with Gasteiger partial charge in [0.1, 0.15) is 11.5 Å². The van der Waals surface area contributed by atoms with Crippen molar-refractivity contribution in [2.45, 2.75) is 20.8 Å². The number of ether oxygens (including phenoxy) is 5. The average Bonchev–Trinajstić information content (AvgIpc) is 2.76. The predicted molar refractivity (Wildman–Crippen MR) is 115 cm³/mol. The van der Waals surface area contributed by atoms with Gasteiger partial charge in [-0.05, 0) is 45.0 Å². The second-order valence-electron chi connectivity index (χ2n) is 5.91. The number of amides is 1. The van der Waals surface area contributed by atoms with Crippen LogP contribution in [-0.4, -0.2) is 46.2 Å². The van der Waals surface area contributed by atoms with E-state index in [1.165, 1.54) is 6.21 Å². The second kappa shape index (κ2) is 11.5. The summed E-state index contributed by atoms with van der Waals surface area (Å²) in [7, 11) is 3.13. The largest absolute Gasteiger partial charge is 0.497 e. The molecule has 0 aliphatic carbocycles. The average molecular weight is 416 g/mol. The lowest BCUT2D eigenvalue weighted by atomic mass is 10.1. The van der Waals surface area contributed by atoms with E-state index in [0.29, 0.717) is 59.7 Å². The number of methoxy groups -OCH3 is 2. The Balaban J connectivity index is 2.24. The first-order chi connectivity index (χ1) is 14.6. The number of hydrogen-bond donors (Lipinski definition) is 1. The molecule has 2 aromatic rings. The fraction of sp³-hybridized carbons (Fsp3) is 0.364. The fourth-order valence-electron chi connectivity index (χ4n) is 2.67. The highest BCUT2D eigenvalue weighted by Crippen LogP contribution is 2.39. The summed E-state index contributed by atoms with van der Waals surface area (Å²) in [6.07, 6.45) is 1.50. The third kappa shape index (κ3) is 5.79. The maximum Gasteiger partial charge on any atom is 0.271 e. The minimum atomic E-state index is -0.413. The lowest BCUT2D eigenvalue weighted by Crippen LogP contribution is -2.18. The molecule has 0 unspecified atom stereocenters. The highest BCUT2D eigenvalue weighted by molar-refractivity contribution is 5.96. The Morgan fingerprint density at radius 1 is 0.900 bits per heavy atom. The van der Waals surface area contributed by atoms with E-state index < -0.39 is 5.91 Å². The van der Waals surface area contributed by atoms with E-state index in [1.807, 2.05) is 20.8 Å². The summed E-state index contributed by atoms with van der Waals surface area (Å²) in [6, 6.07) is 8.51. The lowest BCUT2D eigenvalue weighted by Gasteiger charge is -2.16. The third-order valence-corrected chi connectivity index (χ3v) is 3.98. The quantitative estimate of drug-likeness (QED) is 0.444. The summed E-state index contributed by atoms with van der Waals surface area (Å²) in [5.41, 5.74) is 3.54. The van der Waals surface area contributed by atoms with Crippen molar-refractivity contribution in [2.75, 3.05) is 34.0 Å². The van der Waals surface area contributed by atoms with Crippen molar-refractivity contribution in [3.05, 3.63) is 41.5 Å². The van der Waals surface area contributed by atoms with Crippen LogP contribution in [0.3, 0.4) is 0 Å². The van der Waals surface area contributed by atoms with Crippen molar-refractivity contribution >= 4 is 12.1 Å². The summed E-state index contributed by atoms with van der Waals surface area (Å²) in [5.74, 6) is 2.18. The Morgan fingerprint density at radius 2 is 1.53 bits per heavy atom. The van der Waals surface area contributed by atoms with Gasteiger partial charge in [0.15, 0.2) is 11.5 Å². The minimum absolute atomic E-state index is 0.337. The second-order valence-corrected chi connectivity index (χ2v) is 5.91. The molecular formula is C22H28N2O6. The van der Waals surface area contributed by atoms with Gasteiger partial charge < -0.3 is 23.7 Å². The molecule has 0 aromatic heterocycles. The molecule has 8 heteroatoms. The van der Waals surface area contributed by atoms with Crippen molar-refractivity contribution in [1.82, 2.24) is 5.43 Å². The van der Waals surface area contributed by atoms with Crippen LogP contribution in [0.15, 0.2) is 35.4 Å². The van der Waals surface area contributed by atoms with Gasteiger partial charge in [-0.15, -0.1) is 0 Å². The maximum absolute atomic E-state index is 12.6. The van der Waals surface area contributed by atoms with Gasteiger partial charge in [0, 0.05) is 17.2 Å². The van der Waals surface area contributed by atoms with Gasteiger partial charge in [-0.1, -0.05) is 0 Å². The summed E-state index contributed by atoms with van der Waals surface area (Å²) in [5, 5.41) is 4.03. The molecule has 0 aliphatic heterocycles. The SMILES string of the molecule is CCOc1cc(C(=O)NN=Cc2ccc(OC)cc2OC)cc(OCC)c1OCC. The molecule has 0 atom stereocenters. The molecule has 162 valence electrons. The zero-order valence-electron chi connectivity index (χ0n) is 18.0. The molecule has 0 heterocycles. The van der Waals surface area contributed by atoms with Crippen LogP contribution in [0.25, 0.3) is 0 Å². The minimum Gasteiger partial charge on any atom is -0.497 e. The summed E-state index contributed by atoms with van der Waals surface area (Å²) in [4.78, 5) is 12.6. The molecule has 0 bridgehead atoms. The van der Waals surface area contributed by atoms with Crippen LogP contribution in [0.2, 0.25) is 0 Å². The number of hydrogen-bond acceptors (Lipinski definition) is 7. The number of rotatable bonds is 11. The number of benzene rings is 2. The van der Waals surface area contributed by atoms with E-state index in [9.17, 15) is 4.79 Å². The van der Waals surface area contributed by atoms with Crippen LogP contribution in [-0.2, 0) is 0 Å². The van der Waals surface area contributed by atoms with E-state index in [1.54, 1.807) is 44.6 Å². The molecule has 30 heavy (non-hydrogen) atoms. The molecule has 0 radical (unpaired) electrons. The zero-order valence-corrected chi connectivity index (χ0v) is 18.0. The molecule has 1 amide bonds. The summed E-state index contributed by atoms with van der Waals surface area (Å²) < 4.78 is 27.4. The summed E-state index contributed by atoms with van der Waals surface area (Å²) in [6.45, 7) is 6.87. The van der Waals surface area contributed by atoms with Crippen molar-refractivity contribution in [3.8, 4) is 28.7 Å². The summed E-state index contributed by atoms with van der Waals surface area (Å²) >= 11 is 0. The number of nitrogens with one attached hydrogen (secondary N) is 1. The Hall–Kier alpha value is -3.42. The van der Waals surface area contributed by atoms with Crippen LogP contribution >= 0.6 is 0 Å². The monoisotopic (exact) mass is 416 g/mol. The zero-order chi connectivity index (χ0) is 21.9. The standard InChI is InChI=1S/C22H28N2O6/c1-6-28-19-11-16(12-20(29-7-2)21(19)30-8-3)22(25)24-23-14-15-9-10-17(26-4)13-18(15)27-5/h9-14H,6-8H2,1-5H3,(H,24,25). The molecule has 1 N–H and O–H groups in total. The molecule has 8 nitrogen and oxygen atoms in total. The van der Waals surface area contributed by atoms with Crippen molar-refractivity contribution in [3.63, 3.8) is 0 Å². The van der Waals surface area contributed by atoms with E-state index in [4.69, 9.17) is 23.7 Å². The topological polar surface area (TPSA) is 87.6 Å². The first-order valence-electron chi connectivity index (χ1n) is 9.69. The molecule has 0 fully saturated rings. The van der Waals surface area contributed by atoms with Crippen molar-refractivity contribution in [2.24, 2.45) is 5.10 Å². The van der Waals surface area contributed by atoms with Gasteiger partial charge in [-0.25, -0.2) is 5.43 Å². The molecular weight excluding hydrogens is 388 g/mol. The lowest BCUT2D eigenvalue weighted by molar-refractivity contribution is 0.0954. The van der Waals surface area contributed by atoms with Gasteiger partial charge in [-0.2, -0.15) is 5.10 Å². The van der Waals surface area contributed by atoms with Gasteiger partial charge in [0.05, 0.1) is 40.3 Å². The van der Waals surface area contributed by atoms with E-state index in [-0.39, 0.29) is 0 Å². The van der Waals surface area contributed by atoms with E-state index >= 15 is 0 Å².